The van der Waals surface area contributed by atoms with Crippen molar-refractivity contribution in [3.05, 3.63) is 30.1 Å². The molecule has 0 spiro atoms. The summed E-state index contributed by atoms with van der Waals surface area (Å²) in [5.74, 6) is 0.142. The van der Waals surface area contributed by atoms with Crippen LogP contribution in [-0.2, 0) is 26.1 Å². The summed E-state index contributed by atoms with van der Waals surface area (Å²) in [6.45, 7) is 4.44. The largest absolute Gasteiger partial charge is 0.377 e. The van der Waals surface area contributed by atoms with Crippen LogP contribution < -0.4 is 0 Å². The van der Waals surface area contributed by atoms with Gasteiger partial charge in [-0.1, -0.05) is 6.07 Å². The Morgan fingerprint density at radius 2 is 2.33 bits per heavy atom. The third-order valence-corrected chi connectivity index (χ3v) is 6.90. The van der Waals surface area contributed by atoms with Crippen LogP contribution in [0, 0.1) is 5.41 Å². The van der Waals surface area contributed by atoms with E-state index in [2.05, 4.69) is 4.98 Å². The van der Waals surface area contributed by atoms with Gasteiger partial charge in [0.05, 0.1) is 30.8 Å². The highest BCUT2D eigenvalue weighted by Crippen LogP contribution is 2.41. The Bertz CT molecular complexity index is 637. The summed E-state index contributed by atoms with van der Waals surface area (Å²) >= 11 is 0. The first kappa shape index (κ1) is 17.8. The molecule has 0 unspecified atom stereocenters. The molecule has 2 aliphatic rings. The number of aromatic nitrogens is 1. The van der Waals surface area contributed by atoms with Crippen molar-refractivity contribution in [2.24, 2.45) is 5.41 Å². The molecule has 0 N–H and O–H groups in total. The van der Waals surface area contributed by atoms with Crippen molar-refractivity contribution >= 4 is 10.0 Å². The zero-order chi connectivity index (χ0) is 17.0. The van der Waals surface area contributed by atoms with E-state index in [-0.39, 0.29) is 17.3 Å². The summed E-state index contributed by atoms with van der Waals surface area (Å²) in [7, 11) is -3.18. The quantitative estimate of drug-likeness (QED) is 0.779. The van der Waals surface area contributed by atoms with E-state index in [9.17, 15) is 8.42 Å². The van der Waals surface area contributed by atoms with Gasteiger partial charge in [-0.3, -0.25) is 4.98 Å². The fourth-order valence-electron chi connectivity index (χ4n) is 3.72. The van der Waals surface area contributed by atoms with Crippen molar-refractivity contribution in [2.75, 3.05) is 32.1 Å². The number of pyridine rings is 1. The number of piperidine rings is 1. The summed E-state index contributed by atoms with van der Waals surface area (Å²) in [6.07, 6.45) is 4.46. The maximum atomic E-state index is 12.3. The first-order valence-corrected chi connectivity index (χ1v) is 10.2. The minimum absolute atomic E-state index is 0.0817. The van der Waals surface area contributed by atoms with Crippen LogP contribution in [0.3, 0.4) is 0 Å². The van der Waals surface area contributed by atoms with E-state index in [1.807, 2.05) is 18.2 Å². The van der Waals surface area contributed by atoms with Crippen LogP contribution in [0.5, 0.6) is 0 Å². The normalized spacial score (nSPS) is 28.5. The van der Waals surface area contributed by atoms with Gasteiger partial charge in [0.2, 0.25) is 10.0 Å². The molecule has 7 heteroatoms. The SMILES string of the molecule is CCS(=O)(=O)N1CC[C@H]2OCCC[C@]2(COCc2ccccn2)C1. The molecule has 2 aliphatic heterocycles. The molecule has 0 bridgehead atoms. The van der Waals surface area contributed by atoms with Crippen LogP contribution in [0.1, 0.15) is 31.9 Å². The molecule has 2 fully saturated rings. The summed E-state index contributed by atoms with van der Waals surface area (Å²) in [5.41, 5.74) is 0.643. The molecule has 1 aromatic rings. The Labute approximate surface area is 144 Å². The van der Waals surface area contributed by atoms with Gasteiger partial charge in [0, 0.05) is 31.3 Å². The van der Waals surface area contributed by atoms with Crippen LogP contribution in [0.25, 0.3) is 0 Å². The molecule has 0 radical (unpaired) electrons. The number of ether oxygens (including phenoxy) is 2. The molecule has 24 heavy (non-hydrogen) atoms. The van der Waals surface area contributed by atoms with Gasteiger partial charge in [0.1, 0.15) is 0 Å². The molecule has 1 aromatic heterocycles. The Balaban J connectivity index is 1.69. The molecular weight excluding hydrogens is 328 g/mol. The van der Waals surface area contributed by atoms with Crippen molar-refractivity contribution < 1.29 is 17.9 Å². The minimum atomic E-state index is -3.18. The number of hydrogen-bond acceptors (Lipinski definition) is 5. The summed E-state index contributed by atoms with van der Waals surface area (Å²) in [4.78, 5) is 4.27. The second-order valence-corrected chi connectivity index (χ2v) is 8.92. The van der Waals surface area contributed by atoms with E-state index in [0.29, 0.717) is 26.3 Å². The van der Waals surface area contributed by atoms with E-state index in [1.165, 1.54) is 0 Å². The third kappa shape index (κ3) is 3.79. The van der Waals surface area contributed by atoms with Crippen molar-refractivity contribution in [1.82, 2.24) is 9.29 Å². The third-order valence-electron chi connectivity index (χ3n) is 5.08. The van der Waals surface area contributed by atoms with E-state index >= 15 is 0 Å². The smallest absolute Gasteiger partial charge is 0.213 e. The predicted octanol–water partition coefficient (Wildman–Crippen LogP) is 1.82. The highest BCUT2D eigenvalue weighted by atomic mass is 32.2. The summed E-state index contributed by atoms with van der Waals surface area (Å²) < 4.78 is 38.1. The van der Waals surface area contributed by atoms with E-state index in [4.69, 9.17) is 9.47 Å². The van der Waals surface area contributed by atoms with Crippen LogP contribution in [0.15, 0.2) is 24.4 Å². The molecule has 2 atom stereocenters. The number of hydrogen-bond donors (Lipinski definition) is 0. The summed E-state index contributed by atoms with van der Waals surface area (Å²) in [6, 6.07) is 5.75. The van der Waals surface area contributed by atoms with E-state index < -0.39 is 10.0 Å². The van der Waals surface area contributed by atoms with Gasteiger partial charge in [-0.25, -0.2) is 12.7 Å². The zero-order valence-corrected chi connectivity index (χ0v) is 15.0. The van der Waals surface area contributed by atoms with Crippen molar-refractivity contribution in [3.63, 3.8) is 0 Å². The van der Waals surface area contributed by atoms with Crippen LogP contribution in [0.2, 0.25) is 0 Å². The van der Waals surface area contributed by atoms with Gasteiger partial charge < -0.3 is 9.47 Å². The molecular formula is C17H26N2O4S. The number of sulfonamides is 1. The van der Waals surface area contributed by atoms with Gasteiger partial charge in [-0.05, 0) is 38.3 Å². The fourth-order valence-corrected chi connectivity index (χ4v) is 4.93. The lowest BCUT2D eigenvalue weighted by Gasteiger charge is -2.49. The van der Waals surface area contributed by atoms with Crippen LogP contribution >= 0.6 is 0 Å². The highest BCUT2D eigenvalue weighted by molar-refractivity contribution is 7.89. The van der Waals surface area contributed by atoms with E-state index in [0.717, 1.165) is 31.6 Å². The van der Waals surface area contributed by atoms with Gasteiger partial charge >= 0.3 is 0 Å². The Morgan fingerprint density at radius 1 is 1.46 bits per heavy atom. The second kappa shape index (κ2) is 7.47. The minimum Gasteiger partial charge on any atom is -0.377 e. The number of fused-ring (bicyclic) bond motifs is 1. The zero-order valence-electron chi connectivity index (χ0n) is 14.2. The lowest BCUT2D eigenvalue weighted by molar-refractivity contribution is -0.144. The number of nitrogens with zero attached hydrogens (tertiary/aromatic N) is 2. The van der Waals surface area contributed by atoms with Gasteiger partial charge in [-0.2, -0.15) is 0 Å². The lowest BCUT2D eigenvalue weighted by Crippen LogP contribution is -2.58. The van der Waals surface area contributed by atoms with Crippen molar-refractivity contribution in [2.45, 2.75) is 38.9 Å². The van der Waals surface area contributed by atoms with Gasteiger partial charge in [-0.15, -0.1) is 0 Å². The first-order chi connectivity index (χ1) is 11.6. The topological polar surface area (TPSA) is 68.7 Å². The Kier molecular flexibility index (Phi) is 5.54. The van der Waals surface area contributed by atoms with E-state index in [1.54, 1.807) is 17.4 Å². The molecule has 0 aromatic carbocycles. The molecule has 6 nitrogen and oxygen atoms in total. The Hall–Kier alpha value is -1.02. The number of rotatable bonds is 6. The highest BCUT2D eigenvalue weighted by Gasteiger charge is 2.48. The van der Waals surface area contributed by atoms with Gasteiger partial charge in [0.25, 0.3) is 0 Å². The molecule has 3 heterocycles. The predicted molar refractivity (Wildman–Crippen MR) is 91.0 cm³/mol. The fraction of sp³-hybridized carbons (Fsp3) is 0.706. The molecule has 0 aliphatic carbocycles. The molecule has 134 valence electrons. The van der Waals surface area contributed by atoms with Gasteiger partial charge in [0.15, 0.2) is 0 Å². The molecule has 0 saturated carbocycles. The molecule has 0 amide bonds. The summed E-state index contributed by atoms with van der Waals surface area (Å²) in [5, 5.41) is 0. The molecule has 3 rings (SSSR count). The average Bonchev–Trinajstić information content (AvgIpc) is 2.62. The van der Waals surface area contributed by atoms with Crippen molar-refractivity contribution in [1.29, 1.82) is 0 Å². The Morgan fingerprint density at radius 3 is 3.08 bits per heavy atom. The maximum Gasteiger partial charge on any atom is 0.213 e. The second-order valence-electron chi connectivity index (χ2n) is 6.66. The standard InChI is InChI=1S/C17H26N2O4S/c1-2-24(20,21)19-10-7-16-17(13-19,8-5-11-23-16)14-22-12-15-6-3-4-9-18-15/h3-4,6,9,16H,2,5,7-8,10-14H2,1H3/t16-,17-/m1/s1. The van der Waals surface area contributed by atoms with Crippen molar-refractivity contribution in [3.8, 4) is 0 Å². The average molecular weight is 354 g/mol. The molecule has 2 saturated heterocycles. The lowest BCUT2D eigenvalue weighted by atomic mass is 9.73. The van der Waals surface area contributed by atoms with Crippen LogP contribution in [-0.4, -0.2) is 55.9 Å². The first-order valence-electron chi connectivity index (χ1n) is 8.63. The maximum absolute atomic E-state index is 12.3. The monoisotopic (exact) mass is 354 g/mol. The van der Waals surface area contributed by atoms with Crippen LogP contribution in [0.4, 0.5) is 0 Å².